The van der Waals surface area contributed by atoms with Gasteiger partial charge in [-0.15, -0.1) is 0 Å². The van der Waals surface area contributed by atoms with Crippen LogP contribution < -0.4 is 4.90 Å². The molecule has 0 aromatic heterocycles. The molecule has 60 heavy (non-hydrogen) atoms. The summed E-state index contributed by atoms with van der Waals surface area (Å²) in [4.78, 5) is 2.45. The fourth-order valence-electron chi connectivity index (χ4n) is 11.4. The zero-order valence-corrected chi connectivity index (χ0v) is 35.3. The zero-order valence-electron chi connectivity index (χ0n) is 35.3. The Hall–Kier alpha value is -6.18. The van der Waals surface area contributed by atoms with Crippen LogP contribution in [0.5, 0.6) is 0 Å². The Morgan fingerprint density at radius 2 is 1.07 bits per heavy atom. The predicted octanol–water partition coefficient (Wildman–Crippen LogP) is 16.6. The number of benzene rings is 8. The van der Waals surface area contributed by atoms with Crippen molar-refractivity contribution in [2.45, 2.75) is 70.6 Å². The van der Waals surface area contributed by atoms with Crippen LogP contribution in [0.2, 0.25) is 0 Å². The topological polar surface area (TPSA) is 3.24 Å². The summed E-state index contributed by atoms with van der Waals surface area (Å²) in [7, 11) is 0. The number of fused-ring (bicyclic) bond motifs is 6. The van der Waals surface area contributed by atoms with Crippen LogP contribution in [0.1, 0.15) is 87.5 Å². The fourth-order valence-corrected chi connectivity index (χ4v) is 11.4. The second kappa shape index (κ2) is 14.5. The Bertz CT molecular complexity index is 2860. The minimum atomic E-state index is -0.112. The van der Waals surface area contributed by atoms with Gasteiger partial charge in [0.15, 0.2) is 0 Å². The molecule has 294 valence electrons. The van der Waals surface area contributed by atoms with Crippen LogP contribution in [0.15, 0.2) is 176 Å². The van der Waals surface area contributed by atoms with E-state index in [2.05, 4.69) is 209 Å². The van der Waals surface area contributed by atoms with E-state index in [0.29, 0.717) is 5.92 Å². The molecule has 3 aliphatic carbocycles. The summed E-state index contributed by atoms with van der Waals surface area (Å²) in [6.45, 7) is 9.43. The largest absolute Gasteiger partial charge is 0.310 e. The second-order valence-corrected chi connectivity index (χ2v) is 18.7. The van der Waals surface area contributed by atoms with E-state index in [-0.39, 0.29) is 5.41 Å². The van der Waals surface area contributed by atoms with Gasteiger partial charge in [0.05, 0.1) is 0 Å². The van der Waals surface area contributed by atoms with Gasteiger partial charge in [0, 0.05) is 22.5 Å². The molecule has 2 bridgehead atoms. The predicted molar refractivity (Wildman–Crippen MR) is 255 cm³/mol. The van der Waals surface area contributed by atoms with Gasteiger partial charge in [-0.05, 0) is 169 Å². The van der Waals surface area contributed by atoms with Gasteiger partial charge in [-0.3, -0.25) is 0 Å². The summed E-state index contributed by atoms with van der Waals surface area (Å²) in [6, 6.07) is 66.4. The van der Waals surface area contributed by atoms with Crippen LogP contribution >= 0.6 is 0 Å². The lowest BCUT2D eigenvalue weighted by molar-refractivity contribution is 0.420. The zero-order chi connectivity index (χ0) is 40.5. The van der Waals surface area contributed by atoms with E-state index in [1.165, 1.54) is 103 Å². The summed E-state index contributed by atoms with van der Waals surface area (Å²) in [5.74, 6) is 3.07. The Morgan fingerprint density at radius 3 is 1.67 bits per heavy atom. The molecule has 0 spiro atoms. The second-order valence-electron chi connectivity index (χ2n) is 18.7. The first-order chi connectivity index (χ1) is 29.3. The molecule has 2 fully saturated rings. The van der Waals surface area contributed by atoms with Crippen LogP contribution in [0.25, 0.3) is 55.3 Å². The number of nitrogens with zero attached hydrogens (tertiary/aromatic N) is 1. The normalized spacial score (nSPS) is 18.5. The molecule has 0 amide bonds. The Balaban J connectivity index is 0.995. The summed E-state index contributed by atoms with van der Waals surface area (Å²) in [5.41, 5.74) is 19.4. The average Bonchev–Trinajstić information content (AvgIpc) is 3.99. The Kier molecular flexibility index (Phi) is 8.92. The number of anilines is 3. The third-order valence-corrected chi connectivity index (χ3v) is 14.5. The molecule has 8 aromatic rings. The molecule has 0 saturated heterocycles. The number of rotatable bonds is 8. The van der Waals surface area contributed by atoms with Crippen molar-refractivity contribution < 1.29 is 0 Å². The van der Waals surface area contributed by atoms with E-state index >= 15 is 0 Å². The maximum Gasteiger partial charge on any atom is 0.0465 e. The van der Waals surface area contributed by atoms with Gasteiger partial charge < -0.3 is 4.90 Å². The minimum absolute atomic E-state index is 0.112. The fraction of sp³-hybridized carbons (Fsp3) is 0.220. The highest BCUT2D eigenvalue weighted by molar-refractivity contribution is 5.97. The summed E-state index contributed by atoms with van der Waals surface area (Å²) in [6.07, 6.45) is 5.70. The SMILES string of the molecule is CC(C)c1cccc2c1-c1ccc(N(c3ccc(-c4ccc(C5CC6CCC5C6)cc4)cc3)c3ccc(-c4cc5ccccc5cc4-c4ccccc4)cc3)cc1C2(C)C. The van der Waals surface area contributed by atoms with Gasteiger partial charge in [-0.25, -0.2) is 0 Å². The van der Waals surface area contributed by atoms with Crippen molar-refractivity contribution in [2.75, 3.05) is 4.90 Å². The first-order valence-corrected chi connectivity index (χ1v) is 22.3. The van der Waals surface area contributed by atoms with E-state index in [4.69, 9.17) is 0 Å². The van der Waals surface area contributed by atoms with E-state index < -0.39 is 0 Å². The van der Waals surface area contributed by atoms with Crippen molar-refractivity contribution in [2.24, 2.45) is 11.8 Å². The first kappa shape index (κ1) is 36.9. The molecule has 0 radical (unpaired) electrons. The molecule has 1 heteroatoms. The lowest BCUT2D eigenvalue weighted by Crippen LogP contribution is -2.16. The van der Waals surface area contributed by atoms with Gasteiger partial charge in [-0.2, -0.15) is 0 Å². The standard InChI is InChI=1S/C59H53N/c1-38(2)51-15-10-16-56-58(51)52-32-31-50(37-57(52)59(56,3)4)60(48-27-23-41(24-28-48)40-19-21-43(22-20-40)53-34-39-17-18-47(53)33-39)49-29-25-44(26-30-49)55-36-46-14-9-8-13-45(46)35-54(55)42-11-6-5-7-12-42/h5-16,19-32,35-39,47,53H,17-18,33-34H2,1-4H3. The lowest BCUT2D eigenvalue weighted by atomic mass is 9.81. The smallest absolute Gasteiger partial charge is 0.0465 e. The van der Waals surface area contributed by atoms with Gasteiger partial charge in [0.1, 0.15) is 0 Å². The van der Waals surface area contributed by atoms with Crippen molar-refractivity contribution in [3.63, 3.8) is 0 Å². The molecular formula is C59H53N. The number of hydrogen-bond acceptors (Lipinski definition) is 1. The van der Waals surface area contributed by atoms with Gasteiger partial charge >= 0.3 is 0 Å². The van der Waals surface area contributed by atoms with E-state index in [1.807, 2.05) is 0 Å². The van der Waals surface area contributed by atoms with Crippen molar-refractivity contribution in [1.82, 2.24) is 0 Å². The molecule has 2 saturated carbocycles. The molecule has 3 unspecified atom stereocenters. The Labute approximate surface area is 356 Å². The highest BCUT2D eigenvalue weighted by atomic mass is 15.1. The summed E-state index contributed by atoms with van der Waals surface area (Å²) < 4.78 is 0. The third-order valence-electron chi connectivity index (χ3n) is 14.5. The van der Waals surface area contributed by atoms with Crippen molar-refractivity contribution in [3.8, 4) is 44.5 Å². The Morgan fingerprint density at radius 1 is 0.483 bits per heavy atom. The van der Waals surface area contributed by atoms with Crippen LogP contribution in [0, 0.1) is 11.8 Å². The first-order valence-electron chi connectivity index (χ1n) is 22.3. The quantitative estimate of drug-likeness (QED) is 0.149. The molecule has 3 atom stereocenters. The van der Waals surface area contributed by atoms with Gasteiger partial charge in [0.25, 0.3) is 0 Å². The van der Waals surface area contributed by atoms with Crippen molar-refractivity contribution in [1.29, 1.82) is 0 Å². The highest BCUT2D eigenvalue weighted by Crippen LogP contribution is 2.54. The van der Waals surface area contributed by atoms with E-state index in [0.717, 1.165) is 29.1 Å². The van der Waals surface area contributed by atoms with Crippen LogP contribution in [0.3, 0.4) is 0 Å². The average molecular weight is 776 g/mol. The molecule has 11 rings (SSSR count). The van der Waals surface area contributed by atoms with Crippen molar-refractivity contribution >= 4 is 27.8 Å². The minimum Gasteiger partial charge on any atom is -0.310 e. The molecular weight excluding hydrogens is 723 g/mol. The van der Waals surface area contributed by atoms with Crippen LogP contribution in [0.4, 0.5) is 17.1 Å². The number of hydrogen-bond donors (Lipinski definition) is 0. The maximum absolute atomic E-state index is 2.46. The third kappa shape index (κ3) is 6.21. The van der Waals surface area contributed by atoms with Crippen molar-refractivity contribution in [3.05, 3.63) is 198 Å². The monoisotopic (exact) mass is 775 g/mol. The van der Waals surface area contributed by atoms with Crippen LogP contribution in [-0.2, 0) is 5.41 Å². The summed E-state index contributed by atoms with van der Waals surface area (Å²) >= 11 is 0. The maximum atomic E-state index is 2.46. The molecule has 8 aromatic carbocycles. The van der Waals surface area contributed by atoms with E-state index in [9.17, 15) is 0 Å². The lowest BCUT2D eigenvalue weighted by Gasteiger charge is -2.28. The van der Waals surface area contributed by atoms with Gasteiger partial charge in [0.2, 0.25) is 0 Å². The highest BCUT2D eigenvalue weighted by Gasteiger charge is 2.40. The molecule has 0 heterocycles. The molecule has 3 aliphatic rings. The van der Waals surface area contributed by atoms with Crippen LogP contribution in [-0.4, -0.2) is 0 Å². The summed E-state index contributed by atoms with van der Waals surface area (Å²) in [5, 5.41) is 2.51. The molecule has 0 aliphatic heterocycles. The van der Waals surface area contributed by atoms with Gasteiger partial charge in [-0.1, -0.05) is 162 Å². The van der Waals surface area contributed by atoms with E-state index in [1.54, 1.807) is 5.56 Å². The molecule has 0 N–H and O–H groups in total. The molecule has 1 nitrogen and oxygen atoms in total.